The molecule has 1 amide bonds. The maximum atomic E-state index is 12.3. The van der Waals surface area contributed by atoms with Gasteiger partial charge in [-0.1, -0.05) is 13.3 Å². The van der Waals surface area contributed by atoms with Gasteiger partial charge in [0.1, 0.15) is 0 Å². The van der Waals surface area contributed by atoms with Gasteiger partial charge in [-0.3, -0.25) is 4.79 Å². The quantitative estimate of drug-likeness (QED) is 0.837. The molecule has 2 saturated heterocycles. The molecule has 1 N–H and O–H groups in total. The van der Waals surface area contributed by atoms with Crippen LogP contribution in [-0.4, -0.2) is 61.0 Å². The molecule has 0 aromatic rings. The van der Waals surface area contributed by atoms with Crippen molar-refractivity contribution in [1.82, 2.24) is 15.1 Å². The third-order valence-corrected chi connectivity index (χ3v) is 4.78. The second kappa shape index (κ2) is 7.25. The Bertz CT molecular complexity index is 281. The highest BCUT2D eigenvalue weighted by Gasteiger charge is 2.26. The van der Waals surface area contributed by atoms with E-state index in [9.17, 15) is 4.79 Å². The van der Waals surface area contributed by atoms with Crippen LogP contribution in [0.15, 0.2) is 0 Å². The number of piperidine rings is 2. The molecule has 2 aliphatic heterocycles. The van der Waals surface area contributed by atoms with E-state index in [4.69, 9.17) is 0 Å². The summed E-state index contributed by atoms with van der Waals surface area (Å²) < 4.78 is 0. The first kappa shape index (κ1) is 14.8. The van der Waals surface area contributed by atoms with Crippen molar-refractivity contribution < 1.29 is 4.79 Å². The zero-order chi connectivity index (χ0) is 13.7. The Morgan fingerprint density at radius 2 is 2.00 bits per heavy atom. The van der Waals surface area contributed by atoms with Crippen LogP contribution in [0, 0.1) is 0 Å². The molecule has 0 aliphatic carbocycles. The van der Waals surface area contributed by atoms with Crippen LogP contribution in [0.1, 0.15) is 45.4 Å². The van der Waals surface area contributed by atoms with E-state index in [1.165, 1.54) is 12.8 Å². The largest absolute Gasteiger partial charge is 0.343 e. The molecule has 0 aromatic heterocycles. The van der Waals surface area contributed by atoms with Crippen LogP contribution in [0.5, 0.6) is 0 Å². The lowest BCUT2D eigenvalue weighted by atomic mass is 9.99. The fourth-order valence-electron chi connectivity index (χ4n) is 3.28. The summed E-state index contributed by atoms with van der Waals surface area (Å²) in [6, 6.07) is 0.873. The molecule has 0 saturated carbocycles. The number of nitrogens with zero attached hydrogens (tertiary/aromatic N) is 2. The zero-order valence-electron chi connectivity index (χ0n) is 12.5. The van der Waals surface area contributed by atoms with E-state index in [1.807, 2.05) is 11.9 Å². The van der Waals surface area contributed by atoms with Gasteiger partial charge in [0.15, 0.2) is 0 Å². The van der Waals surface area contributed by atoms with Crippen LogP contribution in [-0.2, 0) is 4.79 Å². The van der Waals surface area contributed by atoms with Crippen LogP contribution in [0.2, 0.25) is 0 Å². The summed E-state index contributed by atoms with van der Waals surface area (Å²) in [6.07, 6.45) is 6.64. The van der Waals surface area contributed by atoms with Crippen molar-refractivity contribution in [2.45, 2.75) is 57.5 Å². The van der Waals surface area contributed by atoms with Crippen LogP contribution >= 0.6 is 0 Å². The van der Waals surface area contributed by atoms with Gasteiger partial charge in [0.25, 0.3) is 0 Å². The van der Waals surface area contributed by atoms with Gasteiger partial charge in [0.2, 0.25) is 5.91 Å². The summed E-state index contributed by atoms with van der Waals surface area (Å²) in [6.45, 7) is 6.71. The number of amides is 1. The minimum atomic E-state index is 0.328. The standard InChI is InChI=1S/C15H29N3O/c1-3-18-10-7-14(8-11-18)17(2)15(19)12-13-6-4-5-9-16-13/h13-14,16H,3-12H2,1-2H3. The van der Waals surface area contributed by atoms with Crippen molar-refractivity contribution in [3.05, 3.63) is 0 Å². The maximum Gasteiger partial charge on any atom is 0.224 e. The second-order valence-corrected chi connectivity index (χ2v) is 6.02. The first-order valence-corrected chi connectivity index (χ1v) is 7.92. The fraction of sp³-hybridized carbons (Fsp3) is 0.933. The Morgan fingerprint density at radius 1 is 1.26 bits per heavy atom. The highest BCUT2D eigenvalue weighted by molar-refractivity contribution is 5.76. The van der Waals surface area contributed by atoms with E-state index in [0.29, 0.717) is 24.4 Å². The van der Waals surface area contributed by atoms with Crippen molar-refractivity contribution >= 4 is 5.91 Å². The maximum absolute atomic E-state index is 12.3. The number of carbonyl (C=O) groups excluding carboxylic acids is 1. The van der Waals surface area contributed by atoms with Gasteiger partial charge in [0, 0.05) is 38.6 Å². The highest BCUT2D eigenvalue weighted by atomic mass is 16.2. The van der Waals surface area contributed by atoms with E-state index in [1.54, 1.807) is 0 Å². The topological polar surface area (TPSA) is 35.6 Å². The molecule has 4 nitrogen and oxygen atoms in total. The van der Waals surface area contributed by atoms with Gasteiger partial charge in [0.05, 0.1) is 0 Å². The normalized spacial score (nSPS) is 26.3. The summed E-state index contributed by atoms with van der Waals surface area (Å²) in [7, 11) is 2.00. The van der Waals surface area contributed by atoms with Crippen molar-refractivity contribution in [3.8, 4) is 0 Å². The monoisotopic (exact) mass is 267 g/mol. The summed E-state index contributed by atoms with van der Waals surface area (Å²) in [5.74, 6) is 0.328. The molecule has 1 unspecified atom stereocenters. The third kappa shape index (κ3) is 4.18. The molecule has 4 heteroatoms. The molecule has 110 valence electrons. The van der Waals surface area contributed by atoms with E-state index < -0.39 is 0 Å². The number of hydrogen-bond donors (Lipinski definition) is 1. The summed E-state index contributed by atoms with van der Waals surface area (Å²) in [5.41, 5.74) is 0. The Balaban J connectivity index is 1.75. The molecule has 19 heavy (non-hydrogen) atoms. The van der Waals surface area contributed by atoms with E-state index >= 15 is 0 Å². The third-order valence-electron chi connectivity index (χ3n) is 4.78. The number of hydrogen-bond acceptors (Lipinski definition) is 3. The van der Waals surface area contributed by atoms with E-state index in [0.717, 1.165) is 45.4 Å². The van der Waals surface area contributed by atoms with Crippen molar-refractivity contribution in [3.63, 3.8) is 0 Å². The molecule has 0 spiro atoms. The summed E-state index contributed by atoms with van der Waals surface area (Å²) in [4.78, 5) is 16.8. The summed E-state index contributed by atoms with van der Waals surface area (Å²) in [5, 5.41) is 3.47. The fourth-order valence-corrected chi connectivity index (χ4v) is 3.28. The van der Waals surface area contributed by atoms with Crippen LogP contribution < -0.4 is 5.32 Å². The van der Waals surface area contributed by atoms with Crippen LogP contribution in [0.25, 0.3) is 0 Å². The van der Waals surface area contributed by atoms with Gasteiger partial charge in [-0.2, -0.15) is 0 Å². The second-order valence-electron chi connectivity index (χ2n) is 6.02. The molecule has 2 heterocycles. The van der Waals surface area contributed by atoms with Gasteiger partial charge < -0.3 is 15.1 Å². The van der Waals surface area contributed by atoms with E-state index in [-0.39, 0.29) is 0 Å². The van der Waals surface area contributed by atoms with Crippen molar-refractivity contribution in [2.24, 2.45) is 0 Å². The lowest BCUT2D eigenvalue weighted by Crippen LogP contribution is -2.47. The number of rotatable bonds is 4. The Morgan fingerprint density at radius 3 is 2.58 bits per heavy atom. The molecular weight excluding hydrogens is 238 g/mol. The average Bonchev–Trinajstić information content (AvgIpc) is 2.47. The predicted octanol–water partition coefficient (Wildman–Crippen LogP) is 1.46. The van der Waals surface area contributed by atoms with Crippen molar-refractivity contribution in [1.29, 1.82) is 0 Å². The van der Waals surface area contributed by atoms with Crippen LogP contribution in [0.3, 0.4) is 0 Å². The van der Waals surface area contributed by atoms with Crippen molar-refractivity contribution in [2.75, 3.05) is 33.2 Å². The molecule has 2 fully saturated rings. The Kier molecular flexibility index (Phi) is 5.64. The number of nitrogens with one attached hydrogen (secondary N) is 1. The Hall–Kier alpha value is -0.610. The van der Waals surface area contributed by atoms with Gasteiger partial charge in [-0.15, -0.1) is 0 Å². The predicted molar refractivity (Wildman–Crippen MR) is 78.2 cm³/mol. The minimum absolute atomic E-state index is 0.328. The molecule has 0 radical (unpaired) electrons. The zero-order valence-corrected chi connectivity index (χ0v) is 12.5. The number of carbonyl (C=O) groups is 1. The molecule has 0 aromatic carbocycles. The van der Waals surface area contributed by atoms with Crippen LogP contribution in [0.4, 0.5) is 0 Å². The van der Waals surface area contributed by atoms with Gasteiger partial charge in [-0.05, 0) is 38.8 Å². The summed E-state index contributed by atoms with van der Waals surface area (Å²) >= 11 is 0. The average molecular weight is 267 g/mol. The first-order chi connectivity index (χ1) is 9.20. The highest BCUT2D eigenvalue weighted by Crippen LogP contribution is 2.17. The molecular formula is C15H29N3O. The number of likely N-dealkylation sites (tertiary alicyclic amines) is 1. The smallest absolute Gasteiger partial charge is 0.224 e. The van der Waals surface area contributed by atoms with Gasteiger partial charge in [-0.25, -0.2) is 0 Å². The molecule has 2 aliphatic rings. The molecule has 2 rings (SSSR count). The van der Waals surface area contributed by atoms with Gasteiger partial charge >= 0.3 is 0 Å². The van der Waals surface area contributed by atoms with E-state index in [2.05, 4.69) is 17.1 Å². The molecule has 0 bridgehead atoms. The minimum Gasteiger partial charge on any atom is -0.343 e. The first-order valence-electron chi connectivity index (χ1n) is 7.92. The SMILES string of the molecule is CCN1CCC(N(C)C(=O)CC2CCCCN2)CC1. The lowest BCUT2D eigenvalue weighted by molar-refractivity contribution is -0.133. The molecule has 1 atom stereocenters. The Labute approximate surface area is 117 Å². The lowest BCUT2D eigenvalue weighted by Gasteiger charge is -2.37.